The topological polar surface area (TPSA) is 105 Å². The van der Waals surface area contributed by atoms with Gasteiger partial charge in [-0.15, -0.1) is 0 Å². The number of pyridine rings is 1. The van der Waals surface area contributed by atoms with Crippen LogP contribution in [0.5, 0.6) is 0 Å². The minimum atomic E-state index is -0.937. The molecule has 1 rings (SSSR count). The van der Waals surface area contributed by atoms with Crippen LogP contribution in [0.2, 0.25) is 0 Å². The van der Waals surface area contributed by atoms with Crippen molar-refractivity contribution in [1.29, 1.82) is 0 Å². The number of rotatable bonds is 5. The van der Waals surface area contributed by atoms with Crippen molar-refractivity contribution in [3.05, 3.63) is 28.4 Å². The number of nitrogens with one attached hydrogen (secondary N) is 1. The molecule has 1 aromatic heterocycles. The molecule has 7 nitrogen and oxygen atoms in total. The lowest BCUT2D eigenvalue weighted by molar-refractivity contribution is -0.384. The Morgan fingerprint density at radius 1 is 1.67 bits per heavy atom. The number of carbonyl (C=O) groups is 1. The van der Waals surface area contributed by atoms with Crippen LogP contribution >= 0.6 is 0 Å². The Kier molecular flexibility index (Phi) is 3.55. The van der Waals surface area contributed by atoms with Gasteiger partial charge in [0.1, 0.15) is 5.82 Å². The van der Waals surface area contributed by atoms with Gasteiger partial charge in [0.15, 0.2) is 0 Å². The van der Waals surface area contributed by atoms with Crippen LogP contribution in [0.1, 0.15) is 6.42 Å². The molecule has 0 saturated heterocycles. The van der Waals surface area contributed by atoms with E-state index in [1.165, 1.54) is 18.3 Å². The van der Waals surface area contributed by atoms with Gasteiger partial charge in [0.05, 0.1) is 17.4 Å². The normalized spacial score (nSPS) is 9.60. The Balaban J connectivity index is 2.58. The van der Waals surface area contributed by atoms with Crippen LogP contribution in [0.25, 0.3) is 0 Å². The van der Waals surface area contributed by atoms with E-state index in [2.05, 4.69) is 10.3 Å². The highest BCUT2D eigenvalue weighted by molar-refractivity contribution is 5.67. The zero-order valence-electron chi connectivity index (χ0n) is 7.71. The lowest BCUT2D eigenvalue weighted by Crippen LogP contribution is -2.08. The molecule has 0 saturated carbocycles. The van der Waals surface area contributed by atoms with Crippen LogP contribution in [0, 0.1) is 10.1 Å². The molecule has 1 heterocycles. The molecule has 7 heteroatoms. The predicted molar refractivity (Wildman–Crippen MR) is 51.6 cm³/mol. The van der Waals surface area contributed by atoms with E-state index in [0.717, 1.165) is 0 Å². The Hall–Kier alpha value is -2.18. The molecule has 0 aliphatic heterocycles. The maximum absolute atomic E-state index is 10.4. The van der Waals surface area contributed by atoms with Crippen LogP contribution in [0.15, 0.2) is 18.3 Å². The summed E-state index contributed by atoms with van der Waals surface area (Å²) in [5.74, 6) is -0.640. The van der Waals surface area contributed by atoms with E-state index < -0.39 is 10.9 Å². The number of carboxylic acids is 1. The molecule has 0 bridgehead atoms. The fourth-order valence-corrected chi connectivity index (χ4v) is 0.927. The minimum absolute atomic E-state index is 0.0651. The SMILES string of the molecule is O=C(O)CCNc1cc([N+](=O)[O-])ccn1. The third-order valence-corrected chi connectivity index (χ3v) is 1.60. The number of aromatic nitrogens is 1. The van der Waals surface area contributed by atoms with Crippen molar-refractivity contribution in [2.75, 3.05) is 11.9 Å². The Labute approximate surface area is 84.9 Å². The van der Waals surface area contributed by atoms with Crippen molar-refractivity contribution in [1.82, 2.24) is 4.98 Å². The van der Waals surface area contributed by atoms with Crippen molar-refractivity contribution >= 4 is 17.5 Å². The summed E-state index contributed by atoms with van der Waals surface area (Å²) in [6.07, 6.45) is 1.23. The van der Waals surface area contributed by atoms with Gasteiger partial charge >= 0.3 is 5.97 Å². The van der Waals surface area contributed by atoms with E-state index in [-0.39, 0.29) is 18.7 Å². The molecule has 15 heavy (non-hydrogen) atoms. The molecule has 80 valence electrons. The molecule has 1 aromatic rings. The number of nitrogens with zero attached hydrogens (tertiary/aromatic N) is 2. The maximum atomic E-state index is 10.4. The van der Waals surface area contributed by atoms with Crippen LogP contribution in [0.3, 0.4) is 0 Å². The summed E-state index contributed by atoms with van der Waals surface area (Å²) >= 11 is 0. The number of anilines is 1. The molecule has 2 N–H and O–H groups in total. The summed E-state index contributed by atoms with van der Waals surface area (Å²) in [5, 5.41) is 21.4. The van der Waals surface area contributed by atoms with Crippen LogP contribution in [-0.4, -0.2) is 27.5 Å². The van der Waals surface area contributed by atoms with Crippen molar-refractivity contribution in [3.8, 4) is 0 Å². The summed E-state index contributed by atoms with van der Waals surface area (Å²) in [6, 6.07) is 2.52. The monoisotopic (exact) mass is 211 g/mol. The van der Waals surface area contributed by atoms with E-state index in [1.807, 2.05) is 0 Å². The van der Waals surface area contributed by atoms with Gasteiger partial charge in [-0.05, 0) is 0 Å². The van der Waals surface area contributed by atoms with E-state index in [4.69, 9.17) is 5.11 Å². The molecule has 0 aliphatic rings. The van der Waals surface area contributed by atoms with Gasteiger partial charge < -0.3 is 10.4 Å². The second kappa shape index (κ2) is 4.89. The van der Waals surface area contributed by atoms with Gasteiger partial charge in [-0.3, -0.25) is 14.9 Å². The van der Waals surface area contributed by atoms with Crippen molar-refractivity contribution in [3.63, 3.8) is 0 Å². The van der Waals surface area contributed by atoms with Gasteiger partial charge in [-0.25, -0.2) is 4.98 Å². The van der Waals surface area contributed by atoms with E-state index in [1.54, 1.807) is 0 Å². The second-order valence-electron chi connectivity index (χ2n) is 2.73. The first-order valence-electron chi connectivity index (χ1n) is 4.15. The van der Waals surface area contributed by atoms with Gasteiger partial charge in [0.2, 0.25) is 0 Å². The molecule has 0 unspecified atom stereocenters. The lowest BCUT2D eigenvalue weighted by Gasteiger charge is -2.02. The molecular weight excluding hydrogens is 202 g/mol. The molecular formula is C8H9N3O4. The van der Waals surface area contributed by atoms with Crippen LogP contribution < -0.4 is 5.32 Å². The zero-order chi connectivity index (χ0) is 11.3. The van der Waals surface area contributed by atoms with Crippen molar-refractivity contribution in [2.24, 2.45) is 0 Å². The number of carboxylic acid groups (broad SMARTS) is 1. The summed E-state index contributed by atoms with van der Waals surface area (Å²) in [5.41, 5.74) is -0.0807. The lowest BCUT2D eigenvalue weighted by atomic mass is 10.4. The Morgan fingerprint density at radius 2 is 2.40 bits per heavy atom. The number of hydrogen-bond donors (Lipinski definition) is 2. The summed E-state index contributed by atoms with van der Waals surface area (Å²) in [7, 11) is 0. The predicted octanol–water partition coefficient (Wildman–Crippen LogP) is 0.876. The molecule has 0 atom stereocenters. The first-order valence-corrected chi connectivity index (χ1v) is 4.15. The quantitative estimate of drug-likeness (QED) is 0.553. The highest BCUT2D eigenvalue weighted by atomic mass is 16.6. The number of aliphatic carboxylic acids is 1. The zero-order valence-corrected chi connectivity index (χ0v) is 7.71. The van der Waals surface area contributed by atoms with Gasteiger partial charge in [0.25, 0.3) is 5.69 Å². The van der Waals surface area contributed by atoms with Crippen molar-refractivity contribution < 1.29 is 14.8 Å². The van der Waals surface area contributed by atoms with E-state index in [9.17, 15) is 14.9 Å². The molecule has 0 aromatic carbocycles. The third kappa shape index (κ3) is 3.59. The summed E-state index contributed by atoms with van der Waals surface area (Å²) in [4.78, 5) is 23.9. The van der Waals surface area contributed by atoms with E-state index in [0.29, 0.717) is 5.82 Å². The average molecular weight is 211 g/mol. The minimum Gasteiger partial charge on any atom is -0.481 e. The van der Waals surface area contributed by atoms with E-state index >= 15 is 0 Å². The van der Waals surface area contributed by atoms with Gasteiger partial charge in [0, 0.05) is 18.8 Å². The highest BCUT2D eigenvalue weighted by Gasteiger charge is 2.06. The van der Waals surface area contributed by atoms with Gasteiger partial charge in [-0.1, -0.05) is 0 Å². The van der Waals surface area contributed by atoms with Gasteiger partial charge in [-0.2, -0.15) is 0 Å². The molecule has 0 radical (unpaired) electrons. The van der Waals surface area contributed by atoms with Crippen LogP contribution in [0.4, 0.5) is 11.5 Å². The first-order chi connectivity index (χ1) is 7.09. The first kappa shape index (κ1) is 10.9. The number of hydrogen-bond acceptors (Lipinski definition) is 5. The fraction of sp³-hybridized carbons (Fsp3) is 0.250. The summed E-state index contributed by atoms with van der Waals surface area (Å²) < 4.78 is 0. The Morgan fingerprint density at radius 3 is 3.00 bits per heavy atom. The summed E-state index contributed by atoms with van der Waals surface area (Å²) in [6.45, 7) is 0.184. The van der Waals surface area contributed by atoms with Crippen molar-refractivity contribution in [2.45, 2.75) is 6.42 Å². The standard InChI is InChI=1S/C8H9N3O4/c12-8(13)2-4-10-7-5-6(11(14)15)1-3-9-7/h1,3,5H,2,4H2,(H,9,10)(H,12,13). The van der Waals surface area contributed by atoms with Crippen LogP contribution in [-0.2, 0) is 4.79 Å². The Bertz CT molecular complexity index is 380. The average Bonchev–Trinajstić information content (AvgIpc) is 2.17. The largest absolute Gasteiger partial charge is 0.481 e. The molecule has 0 aliphatic carbocycles. The molecule has 0 spiro atoms. The maximum Gasteiger partial charge on any atom is 0.305 e. The second-order valence-corrected chi connectivity index (χ2v) is 2.73. The fourth-order valence-electron chi connectivity index (χ4n) is 0.927. The molecule has 0 amide bonds. The number of nitro groups is 1. The highest BCUT2D eigenvalue weighted by Crippen LogP contribution is 2.13. The third-order valence-electron chi connectivity index (χ3n) is 1.60. The smallest absolute Gasteiger partial charge is 0.305 e. The molecule has 0 fully saturated rings.